The molecule has 0 saturated heterocycles. The van der Waals surface area contributed by atoms with Gasteiger partial charge in [-0.15, -0.1) is 0 Å². The van der Waals surface area contributed by atoms with Gasteiger partial charge in [-0.1, -0.05) is 30.3 Å². The Balaban J connectivity index is 1.91. The van der Waals surface area contributed by atoms with Crippen molar-refractivity contribution in [3.05, 3.63) is 59.7 Å². The lowest BCUT2D eigenvalue weighted by Crippen LogP contribution is -2.06. The molecule has 0 bridgehead atoms. The second-order valence-corrected chi connectivity index (χ2v) is 4.34. The number of methoxy groups -OCH3 is 1. The minimum absolute atomic E-state index is 0.904. The van der Waals surface area contributed by atoms with Crippen LogP contribution in [-0.4, -0.2) is 13.7 Å². The van der Waals surface area contributed by atoms with Crippen LogP contribution in [0.5, 0.6) is 5.75 Å². The molecule has 0 aromatic heterocycles. The highest BCUT2D eigenvalue weighted by Crippen LogP contribution is 2.20. The summed E-state index contributed by atoms with van der Waals surface area (Å²) in [5.74, 6) is 0.904. The Bertz CT molecular complexity index is 494. The molecular weight excluding hydrogens is 222 g/mol. The highest BCUT2D eigenvalue weighted by atomic mass is 16.5. The molecule has 0 unspecified atom stereocenters. The number of anilines is 1. The maximum absolute atomic E-state index is 5.20. The number of hydrogen-bond donors (Lipinski definition) is 1. The third-order valence-electron chi connectivity index (χ3n) is 3.01. The minimum atomic E-state index is 0.904. The average Bonchev–Trinajstić information content (AvgIpc) is 2.42. The molecule has 2 aromatic carbocycles. The van der Waals surface area contributed by atoms with Crippen LogP contribution in [0.3, 0.4) is 0 Å². The van der Waals surface area contributed by atoms with E-state index in [4.69, 9.17) is 4.74 Å². The second-order valence-electron chi connectivity index (χ2n) is 4.34. The molecule has 94 valence electrons. The number of benzene rings is 2. The largest absolute Gasteiger partial charge is 0.497 e. The van der Waals surface area contributed by atoms with Crippen LogP contribution >= 0.6 is 0 Å². The second kappa shape index (κ2) is 6.10. The normalized spacial score (nSPS) is 10.1. The van der Waals surface area contributed by atoms with E-state index >= 15 is 0 Å². The highest BCUT2D eigenvalue weighted by molar-refractivity contribution is 5.53. The maximum atomic E-state index is 5.20. The van der Waals surface area contributed by atoms with Crippen LogP contribution in [0.4, 0.5) is 5.69 Å². The summed E-state index contributed by atoms with van der Waals surface area (Å²) in [6.07, 6.45) is 1.03. The molecule has 2 heteroatoms. The van der Waals surface area contributed by atoms with Crippen molar-refractivity contribution in [3.63, 3.8) is 0 Å². The molecule has 0 saturated carbocycles. The molecule has 2 aromatic rings. The van der Waals surface area contributed by atoms with Crippen LogP contribution in [0.25, 0.3) is 0 Å². The molecule has 0 heterocycles. The Labute approximate surface area is 109 Å². The summed E-state index contributed by atoms with van der Waals surface area (Å²) >= 11 is 0. The van der Waals surface area contributed by atoms with E-state index in [0.29, 0.717) is 0 Å². The van der Waals surface area contributed by atoms with Crippen molar-refractivity contribution in [1.29, 1.82) is 0 Å². The van der Waals surface area contributed by atoms with Crippen LogP contribution in [-0.2, 0) is 6.42 Å². The van der Waals surface area contributed by atoms with Gasteiger partial charge in [-0.25, -0.2) is 0 Å². The zero-order valence-electron chi connectivity index (χ0n) is 10.9. The summed E-state index contributed by atoms with van der Waals surface area (Å²) in [4.78, 5) is 0. The maximum Gasteiger partial charge on any atom is 0.119 e. The van der Waals surface area contributed by atoms with Crippen LogP contribution in [0, 0.1) is 6.92 Å². The van der Waals surface area contributed by atoms with Gasteiger partial charge in [0.05, 0.1) is 7.11 Å². The predicted octanol–water partition coefficient (Wildman–Crippen LogP) is 3.66. The van der Waals surface area contributed by atoms with E-state index in [0.717, 1.165) is 18.7 Å². The van der Waals surface area contributed by atoms with Gasteiger partial charge in [0.1, 0.15) is 5.75 Å². The van der Waals surface area contributed by atoms with E-state index in [9.17, 15) is 0 Å². The van der Waals surface area contributed by atoms with Gasteiger partial charge < -0.3 is 10.1 Å². The first-order chi connectivity index (χ1) is 8.79. The first kappa shape index (κ1) is 12.5. The van der Waals surface area contributed by atoms with Gasteiger partial charge in [0.2, 0.25) is 0 Å². The van der Waals surface area contributed by atoms with Crippen LogP contribution in [0.1, 0.15) is 11.1 Å². The fourth-order valence-electron chi connectivity index (χ4n) is 1.95. The zero-order valence-corrected chi connectivity index (χ0v) is 10.9. The number of aryl methyl sites for hydroxylation is 1. The standard InChI is InChI=1S/C16H19NO/c1-13-12-15(18-2)8-9-16(13)17-11-10-14-6-4-3-5-7-14/h3-9,12,17H,10-11H2,1-2H3. The van der Waals surface area contributed by atoms with Crippen molar-refractivity contribution >= 4 is 5.69 Å². The summed E-state index contributed by atoms with van der Waals surface area (Å²) in [5, 5.41) is 3.46. The third kappa shape index (κ3) is 3.27. The molecule has 0 fully saturated rings. The summed E-state index contributed by atoms with van der Waals surface area (Å²) in [6.45, 7) is 3.03. The van der Waals surface area contributed by atoms with Crippen molar-refractivity contribution in [2.24, 2.45) is 0 Å². The molecule has 2 rings (SSSR count). The van der Waals surface area contributed by atoms with Crippen molar-refractivity contribution in [2.75, 3.05) is 19.0 Å². The molecule has 1 N–H and O–H groups in total. The SMILES string of the molecule is COc1ccc(NCCc2ccccc2)c(C)c1. The van der Waals surface area contributed by atoms with Crippen molar-refractivity contribution in [1.82, 2.24) is 0 Å². The molecular formula is C16H19NO. The lowest BCUT2D eigenvalue weighted by Gasteiger charge is -2.10. The van der Waals surface area contributed by atoms with Gasteiger partial charge >= 0.3 is 0 Å². The number of rotatable bonds is 5. The van der Waals surface area contributed by atoms with Gasteiger partial charge in [-0.05, 0) is 42.7 Å². The van der Waals surface area contributed by atoms with Gasteiger partial charge in [-0.3, -0.25) is 0 Å². The van der Waals surface area contributed by atoms with Gasteiger partial charge in [0.15, 0.2) is 0 Å². The predicted molar refractivity (Wildman–Crippen MR) is 76.4 cm³/mol. The van der Waals surface area contributed by atoms with Crippen molar-refractivity contribution in [3.8, 4) is 5.75 Å². The number of ether oxygens (including phenoxy) is 1. The Morgan fingerprint density at radius 1 is 1.06 bits per heavy atom. The van der Waals surface area contributed by atoms with E-state index in [2.05, 4.69) is 42.6 Å². The quantitative estimate of drug-likeness (QED) is 0.862. The summed E-state index contributed by atoms with van der Waals surface area (Å²) < 4.78 is 5.20. The first-order valence-electron chi connectivity index (χ1n) is 6.22. The molecule has 0 amide bonds. The fourth-order valence-corrected chi connectivity index (χ4v) is 1.95. The van der Waals surface area contributed by atoms with E-state index in [-0.39, 0.29) is 0 Å². The first-order valence-corrected chi connectivity index (χ1v) is 6.22. The molecule has 0 aliphatic carbocycles. The van der Waals surface area contributed by atoms with Gasteiger partial charge in [0.25, 0.3) is 0 Å². The molecule has 0 radical (unpaired) electrons. The zero-order chi connectivity index (χ0) is 12.8. The molecule has 0 aliphatic heterocycles. The van der Waals surface area contributed by atoms with Gasteiger partial charge in [0, 0.05) is 12.2 Å². The molecule has 0 aliphatic rings. The Hall–Kier alpha value is -1.96. The summed E-state index contributed by atoms with van der Waals surface area (Å²) in [5.41, 5.74) is 3.74. The fraction of sp³-hybridized carbons (Fsp3) is 0.250. The summed E-state index contributed by atoms with van der Waals surface area (Å²) in [6, 6.07) is 16.6. The van der Waals surface area contributed by atoms with Crippen LogP contribution in [0.2, 0.25) is 0 Å². The Kier molecular flexibility index (Phi) is 4.24. The molecule has 2 nitrogen and oxygen atoms in total. The Morgan fingerprint density at radius 3 is 2.50 bits per heavy atom. The van der Waals surface area contributed by atoms with E-state index in [1.807, 2.05) is 18.2 Å². The monoisotopic (exact) mass is 241 g/mol. The third-order valence-corrected chi connectivity index (χ3v) is 3.01. The molecule has 18 heavy (non-hydrogen) atoms. The van der Waals surface area contributed by atoms with Gasteiger partial charge in [-0.2, -0.15) is 0 Å². The molecule has 0 atom stereocenters. The lowest BCUT2D eigenvalue weighted by molar-refractivity contribution is 0.414. The van der Waals surface area contributed by atoms with E-state index in [1.54, 1.807) is 7.11 Å². The van der Waals surface area contributed by atoms with Crippen LogP contribution in [0.15, 0.2) is 48.5 Å². The van der Waals surface area contributed by atoms with Crippen molar-refractivity contribution < 1.29 is 4.74 Å². The van der Waals surface area contributed by atoms with Crippen molar-refractivity contribution in [2.45, 2.75) is 13.3 Å². The minimum Gasteiger partial charge on any atom is -0.497 e. The summed E-state index contributed by atoms with van der Waals surface area (Å²) in [7, 11) is 1.69. The smallest absolute Gasteiger partial charge is 0.119 e. The Morgan fingerprint density at radius 2 is 1.83 bits per heavy atom. The number of hydrogen-bond acceptors (Lipinski definition) is 2. The van der Waals surface area contributed by atoms with E-state index < -0.39 is 0 Å². The number of nitrogens with one attached hydrogen (secondary N) is 1. The lowest BCUT2D eigenvalue weighted by atomic mass is 10.1. The molecule has 0 spiro atoms. The highest BCUT2D eigenvalue weighted by Gasteiger charge is 1.99. The van der Waals surface area contributed by atoms with E-state index in [1.165, 1.54) is 16.8 Å². The topological polar surface area (TPSA) is 21.3 Å². The van der Waals surface area contributed by atoms with Crippen LogP contribution < -0.4 is 10.1 Å². The average molecular weight is 241 g/mol.